The van der Waals surface area contributed by atoms with Gasteiger partial charge in [-0.3, -0.25) is 0 Å². The van der Waals surface area contributed by atoms with Gasteiger partial charge >= 0.3 is 6.18 Å². The Hall–Kier alpha value is -1.03. The summed E-state index contributed by atoms with van der Waals surface area (Å²) in [6.07, 6.45) is -1.33. The lowest BCUT2D eigenvalue weighted by Gasteiger charge is -2.24. The molecule has 0 saturated heterocycles. The maximum absolute atomic E-state index is 12.7. The van der Waals surface area contributed by atoms with Crippen LogP contribution in [0.4, 0.5) is 13.2 Å². The molecule has 106 valence electrons. The fraction of sp³-hybridized carbons (Fsp3) is 0.600. The van der Waals surface area contributed by atoms with Crippen molar-refractivity contribution in [3.8, 4) is 0 Å². The Balaban J connectivity index is 2.12. The molecule has 0 spiro atoms. The van der Waals surface area contributed by atoms with E-state index in [1.807, 2.05) is 0 Å². The fourth-order valence-corrected chi connectivity index (χ4v) is 2.71. The standard InChI is InChI=1S/C15H20F3N/c1-3-19-11(2)14(7-8-14)10-12-5-4-6-13(9-12)15(16,17)18/h4-6,9,11,19H,3,7-8,10H2,1-2H3. The Morgan fingerprint density at radius 1 is 1.32 bits per heavy atom. The van der Waals surface area contributed by atoms with Gasteiger partial charge < -0.3 is 5.32 Å². The molecule has 2 rings (SSSR count). The van der Waals surface area contributed by atoms with Gasteiger partial charge in [-0.15, -0.1) is 0 Å². The molecule has 0 amide bonds. The van der Waals surface area contributed by atoms with Gasteiger partial charge in [0.25, 0.3) is 0 Å². The van der Waals surface area contributed by atoms with Crippen molar-refractivity contribution >= 4 is 0 Å². The minimum atomic E-state index is -4.25. The quantitative estimate of drug-likeness (QED) is 0.852. The summed E-state index contributed by atoms with van der Waals surface area (Å²) in [6, 6.07) is 6.09. The Bertz CT molecular complexity index is 435. The molecule has 1 unspecified atom stereocenters. The number of nitrogens with one attached hydrogen (secondary N) is 1. The fourth-order valence-electron chi connectivity index (χ4n) is 2.71. The van der Waals surface area contributed by atoms with Gasteiger partial charge in [-0.25, -0.2) is 0 Å². The maximum atomic E-state index is 12.7. The van der Waals surface area contributed by atoms with Crippen molar-refractivity contribution in [3.05, 3.63) is 35.4 Å². The van der Waals surface area contributed by atoms with E-state index >= 15 is 0 Å². The predicted molar refractivity (Wildman–Crippen MR) is 70.0 cm³/mol. The van der Waals surface area contributed by atoms with Crippen LogP contribution in [-0.4, -0.2) is 12.6 Å². The number of rotatable bonds is 5. The highest BCUT2D eigenvalue weighted by molar-refractivity contribution is 5.28. The Morgan fingerprint density at radius 2 is 2.00 bits per heavy atom. The summed E-state index contributed by atoms with van der Waals surface area (Å²) in [5.74, 6) is 0. The highest BCUT2D eigenvalue weighted by atomic mass is 19.4. The normalized spacial score (nSPS) is 19.2. The lowest BCUT2D eigenvalue weighted by Crippen LogP contribution is -2.35. The molecule has 4 heteroatoms. The summed E-state index contributed by atoms with van der Waals surface area (Å²) in [5.41, 5.74) is 0.397. The van der Waals surface area contributed by atoms with Gasteiger partial charge in [-0.2, -0.15) is 13.2 Å². The first kappa shape index (κ1) is 14.4. The third kappa shape index (κ3) is 3.30. The Labute approximate surface area is 112 Å². The molecule has 0 aliphatic heterocycles. The summed E-state index contributed by atoms with van der Waals surface area (Å²) >= 11 is 0. The first-order valence-electron chi connectivity index (χ1n) is 6.77. The average molecular weight is 271 g/mol. The molecule has 1 nitrogen and oxygen atoms in total. The van der Waals surface area contributed by atoms with E-state index in [-0.39, 0.29) is 5.41 Å². The van der Waals surface area contributed by atoms with E-state index in [1.165, 1.54) is 12.1 Å². The second-order valence-electron chi connectivity index (χ2n) is 5.52. The zero-order valence-electron chi connectivity index (χ0n) is 11.3. The smallest absolute Gasteiger partial charge is 0.314 e. The van der Waals surface area contributed by atoms with Gasteiger partial charge in [-0.1, -0.05) is 25.1 Å². The molecule has 1 aromatic rings. The van der Waals surface area contributed by atoms with Gasteiger partial charge in [0.1, 0.15) is 0 Å². The van der Waals surface area contributed by atoms with E-state index in [9.17, 15) is 13.2 Å². The summed E-state index contributed by atoms with van der Waals surface area (Å²) < 4.78 is 38.1. The van der Waals surface area contributed by atoms with Gasteiger partial charge in [0.15, 0.2) is 0 Å². The van der Waals surface area contributed by atoms with Crippen LogP contribution < -0.4 is 5.32 Å². The molecule has 1 aliphatic carbocycles. The molecular weight excluding hydrogens is 251 g/mol. The monoisotopic (exact) mass is 271 g/mol. The molecule has 19 heavy (non-hydrogen) atoms. The van der Waals surface area contributed by atoms with Gasteiger partial charge in [0, 0.05) is 6.04 Å². The molecule has 0 bridgehead atoms. The van der Waals surface area contributed by atoms with Crippen LogP contribution in [0.25, 0.3) is 0 Å². The van der Waals surface area contributed by atoms with Crippen LogP contribution in [0.2, 0.25) is 0 Å². The second-order valence-corrected chi connectivity index (χ2v) is 5.52. The molecule has 1 fully saturated rings. The van der Waals surface area contributed by atoms with Crippen LogP contribution in [0, 0.1) is 5.41 Å². The van der Waals surface area contributed by atoms with E-state index in [0.29, 0.717) is 6.04 Å². The lowest BCUT2D eigenvalue weighted by atomic mass is 9.89. The van der Waals surface area contributed by atoms with Crippen LogP contribution in [0.1, 0.15) is 37.8 Å². The Kier molecular flexibility index (Phi) is 3.90. The highest BCUT2D eigenvalue weighted by Gasteiger charge is 2.46. The van der Waals surface area contributed by atoms with Crippen LogP contribution in [0.5, 0.6) is 0 Å². The molecule has 1 N–H and O–H groups in total. The van der Waals surface area contributed by atoms with Gasteiger partial charge in [0.05, 0.1) is 5.56 Å². The second kappa shape index (κ2) is 5.16. The largest absolute Gasteiger partial charge is 0.416 e. The van der Waals surface area contributed by atoms with Crippen molar-refractivity contribution in [2.75, 3.05) is 6.54 Å². The summed E-state index contributed by atoms with van der Waals surface area (Å²) in [5, 5.41) is 3.39. The van der Waals surface area contributed by atoms with E-state index in [1.54, 1.807) is 6.07 Å². The zero-order valence-corrected chi connectivity index (χ0v) is 11.3. The number of alkyl halides is 3. The molecule has 1 saturated carbocycles. The van der Waals surface area contributed by atoms with E-state index in [4.69, 9.17) is 0 Å². The zero-order chi connectivity index (χ0) is 14.1. The van der Waals surface area contributed by atoms with Crippen molar-refractivity contribution in [3.63, 3.8) is 0 Å². The molecule has 0 heterocycles. The van der Waals surface area contributed by atoms with Crippen molar-refractivity contribution in [2.45, 2.75) is 45.3 Å². The van der Waals surface area contributed by atoms with Crippen LogP contribution in [-0.2, 0) is 12.6 Å². The predicted octanol–water partition coefficient (Wildman–Crippen LogP) is 4.03. The first-order valence-corrected chi connectivity index (χ1v) is 6.77. The number of halogens is 3. The maximum Gasteiger partial charge on any atom is 0.416 e. The SMILES string of the molecule is CCNC(C)C1(Cc2cccc(C(F)(F)F)c2)CC1. The van der Waals surface area contributed by atoms with E-state index in [2.05, 4.69) is 19.2 Å². The number of hydrogen-bond donors (Lipinski definition) is 1. The van der Waals surface area contributed by atoms with Gasteiger partial charge in [-0.05, 0) is 49.8 Å². The third-order valence-corrected chi connectivity index (χ3v) is 4.13. The van der Waals surface area contributed by atoms with Crippen LogP contribution >= 0.6 is 0 Å². The van der Waals surface area contributed by atoms with E-state index in [0.717, 1.165) is 37.4 Å². The topological polar surface area (TPSA) is 12.0 Å². The molecule has 1 aromatic carbocycles. The molecule has 0 aromatic heterocycles. The van der Waals surface area contributed by atoms with Crippen molar-refractivity contribution in [2.24, 2.45) is 5.41 Å². The number of benzene rings is 1. The molecular formula is C15H20F3N. The number of hydrogen-bond acceptors (Lipinski definition) is 1. The summed E-state index contributed by atoms with van der Waals surface area (Å²) in [4.78, 5) is 0. The lowest BCUT2D eigenvalue weighted by molar-refractivity contribution is -0.137. The van der Waals surface area contributed by atoms with E-state index < -0.39 is 11.7 Å². The average Bonchev–Trinajstić information content (AvgIpc) is 3.10. The highest BCUT2D eigenvalue weighted by Crippen LogP contribution is 2.51. The molecule has 1 aliphatic rings. The summed E-state index contributed by atoms with van der Waals surface area (Å²) in [7, 11) is 0. The van der Waals surface area contributed by atoms with Crippen LogP contribution in [0.15, 0.2) is 24.3 Å². The van der Waals surface area contributed by atoms with Gasteiger partial charge in [0.2, 0.25) is 0 Å². The molecule has 1 atom stereocenters. The van der Waals surface area contributed by atoms with Crippen molar-refractivity contribution in [1.82, 2.24) is 5.32 Å². The summed E-state index contributed by atoms with van der Waals surface area (Å²) in [6.45, 7) is 5.08. The third-order valence-electron chi connectivity index (χ3n) is 4.13. The minimum Gasteiger partial charge on any atom is -0.314 e. The van der Waals surface area contributed by atoms with Crippen LogP contribution in [0.3, 0.4) is 0 Å². The minimum absolute atomic E-state index is 0.153. The first-order chi connectivity index (χ1) is 8.87. The van der Waals surface area contributed by atoms with Crippen molar-refractivity contribution < 1.29 is 13.2 Å². The Morgan fingerprint density at radius 3 is 2.53 bits per heavy atom. The molecule has 0 radical (unpaired) electrons. The van der Waals surface area contributed by atoms with Crippen molar-refractivity contribution in [1.29, 1.82) is 0 Å².